The van der Waals surface area contributed by atoms with E-state index in [2.05, 4.69) is 24.1 Å². The molecule has 0 spiro atoms. The van der Waals surface area contributed by atoms with Crippen LogP contribution in [0.4, 0.5) is 0 Å². The lowest BCUT2D eigenvalue weighted by molar-refractivity contribution is 0.0178. The van der Waals surface area contributed by atoms with E-state index in [9.17, 15) is 0 Å². The first kappa shape index (κ1) is 12.0. The van der Waals surface area contributed by atoms with E-state index in [1.165, 1.54) is 58.0 Å². The third-order valence-electron chi connectivity index (χ3n) is 5.49. The molecule has 2 saturated carbocycles. The molecule has 2 atom stereocenters. The molecule has 98 valence electrons. The van der Waals surface area contributed by atoms with Gasteiger partial charge in [-0.2, -0.15) is 0 Å². The quantitative estimate of drug-likeness (QED) is 0.810. The molecule has 0 amide bonds. The summed E-state index contributed by atoms with van der Waals surface area (Å²) in [5, 5.41) is 3.81. The number of rotatable bonds is 3. The summed E-state index contributed by atoms with van der Waals surface area (Å²) in [6.45, 7) is 7.43. The fraction of sp³-hybridized carbons (Fsp3) is 1.00. The largest absolute Gasteiger partial charge is 0.311 e. The molecule has 2 unspecified atom stereocenters. The Balaban J connectivity index is 1.72. The molecule has 0 bridgehead atoms. The summed E-state index contributed by atoms with van der Waals surface area (Å²) < 4.78 is 0. The predicted octanol–water partition coefficient (Wildman–Crippen LogP) is 2.78. The zero-order valence-corrected chi connectivity index (χ0v) is 11.5. The molecule has 2 nitrogen and oxygen atoms in total. The zero-order valence-electron chi connectivity index (χ0n) is 11.5. The van der Waals surface area contributed by atoms with Crippen molar-refractivity contribution in [1.29, 1.82) is 0 Å². The summed E-state index contributed by atoms with van der Waals surface area (Å²) in [4.78, 5) is 2.89. The minimum absolute atomic E-state index is 0.524. The van der Waals surface area contributed by atoms with Gasteiger partial charge in [0.15, 0.2) is 0 Å². The number of piperazine rings is 1. The topological polar surface area (TPSA) is 15.3 Å². The van der Waals surface area contributed by atoms with E-state index in [1.807, 2.05) is 0 Å². The average Bonchev–Trinajstić information content (AvgIpc) is 3.11. The molecular formula is C15H28N2. The molecule has 2 aliphatic carbocycles. The molecule has 3 aliphatic rings. The number of hydrogen-bond donors (Lipinski definition) is 1. The van der Waals surface area contributed by atoms with E-state index >= 15 is 0 Å². The summed E-state index contributed by atoms with van der Waals surface area (Å²) in [5.74, 6) is 1.00. The molecule has 17 heavy (non-hydrogen) atoms. The highest BCUT2D eigenvalue weighted by Gasteiger charge is 2.44. The second-order valence-electron chi connectivity index (χ2n) is 6.77. The van der Waals surface area contributed by atoms with Gasteiger partial charge in [-0.05, 0) is 44.9 Å². The van der Waals surface area contributed by atoms with Crippen LogP contribution in [0.1, 0.15) is 58.8 Å². The van der Waals surface area contributed by atoms with E-state index in [-0.39, 0.29) is 0 Å². The van der Waals surface area contributed by atoms with E-state index in [0.717, 1.165) is 18.0 Å². The first-order chi connectivity index (χ1) is 8.23. The number of nitrogens with zero attached hydrogens (tertiary/aromatic N) is 1. The standard InChI is InChI=1S/C15H28N2/c1-3-13-10-16-14(12-6-7-12)11-17(13)15(2)8-4-5-9-15/h12-14,16H,3-11H2,1-2H3. The second-order valence-corrected chi connectivity index (χ2v) is 6.77. The Morgan fingerprint density at radius 3 is 2.53 bits per heavy atom. The van der Waals surface area contributed by atoms with Gasteiger partial charge in [-0.25, -0.2) is 0 Å². The Morgan fingerprint density at radius 2 is 1.94 bits per heavy atom. The lowest BCUT2D eigenvalue weighted by Gasteiger charge is -2.49. The Bertz CT molecular complexity index is 266. The maximum atomic E-state index is 3.81. The highest BCUT2D eigenvalue weighted by atomic mass is 15.3. The lowest BCUT2D eigenvalue weighted by atomic mass is 9.91. The monoisotopic (exact) mass is 236 g/mol. The van der Waals surface area contributed by atoms with Crippen molar-refractivity contribution in [2.24, 2.45) is 5.92 Å². The normalized spacial score (nSPS) is 38.5. The summed E-state index contributed by atoms with van der Waals surface area (Å²) in [6, 6.07) is 1.59. The third-order valence-corrected chi connectivity index (χ3v) is 5.49. The Labute approximate surface area is 106 Å². The van der Waals surface area contributed by atoms with Gasteiger partial charge in [0.1, 0.15) is 0 Å². The summed E-state index contributed by atoms with van der Waals surface area (Å²) in [5.41, 5.74) is 0.524. The highest BCUT2D eigenvalue weighted by Crippen LogP contribution is 2.40. The molecule has 3 fully saturated rings. The summed E-state index contributed by atoms with van der Waals surface area (Å²) >= 11 is 0. The Morgan fingerprint density at radius 1 is 1.24 bits per heavy atom. The maximum absolute atomic E-state index is 3.81. The Kier molecular flexibility index (Phi) is 3.20. The highest BCUT2D eigenvalue weighted by molar-refractivity contribution is 5.01. The minimum Gasteiger partial charge on any atom is -0.311 e. The molecule has 2 heteroatoms. The summed E-state index contributed by atoms with van der Waals surface area (Å²) in [6.07, 6.45) is 10.0. The van der Waals surface area contributed by atoms with Crippen LogP contribution in [0.5, 0.6) is 0 Å². The van der Waals surface area contributed by atoms with Crippen LogP contribution in [0.3, 0.4) is 0 Å². The fourth-order valence-electron chi connectivity index (χ4n) is 4.09. The van der Waals surface area contributed by atoms with Crippen LogP contribution in [0.25, 0.3) is 0 Å². The van der Waals surface area contributed by atoms with Gasteiger partial charge < -0.3 is 5.32 Å². The summed E-state index contributed by atoms with van der Waals surface area (Å²) in [7, 11) is 0. The SMILES string of the molecule is CCC1CNC(C2CC2)CN1C1(C)CCCC1. The Hall–Kier alpha value is -0.0800. The van der Waals surface area contributed by atoms with E-state index < -0.39 is 0 Å². The molecule has 1 heterocycles. The average molecular weight is 236 g/mol. The number of hydrogen-bond acceptors (Lipinski definition) is 2. The van der Waals surface area contributed by atoms with Gasteiger partial charge >= 0.3 is 0 Å². The molecular weight excluding hydrogens is 208 g/mol. The van der Waals surface area contributed by atoms with Gasteiger partial charge in [-0.15, -0.1) is 0 Å². The fourth-order valence-corrected chi connectivity index (χ4v) is 4.09. The van der Waals surface area contributed by atoms with E-state index in [4.69, 9.17) is 0 Å². The van der Waals surface area contributed by atoms with Gasteiger partial charge in [-0.3, -0.25) is 4.90 Å². The smallest absolute Gasteiger partial charge is 0.0224 e. The van der Waals surface area contributed by atoms with Crippen LogP contribution >= 0.6 is 0 Å². The number of nitrogens with one attached hydrogen (secondary N) is 1. The van der Waals surface area contributed by atoms with Gasteiger partial charge in [0, 0.05) is 30.7 Å². The van der Waals surface area contributed by atoms with Gasteiger partial charge in [0.2, 0.25) is 0 Å². The van der Waals surface area contributed by atoms with Crippen molar-refractivity contribution >= 4 is 0 Å². The molecule has 1 N–H and O–H groups in total. The van der Waals surface area contributed by atoms with Gasteiger partial charge in [0.25, 0.3) is 0 Å². The van der Waals surface area contributed by atoms with E-state index in [0.29, 0.717) is 5.54 Å². The maximum Gasteiger partial charge on any atom is 0.0224 e. The van der Waals surface area contributed by atoms with Gasteiger partial charge in [-0.1, -0.05) is 19.8 Å². The van der Waals surface area contributed by atoms with Crippen LogP contribution in [0.2, 0.25) is 0 Å². The molecule has 1 aliphatic heterocycles. The lowest BCUT2D eigenvalue weighted by Crippen LogP contribution is -2.63. The zero-order chi connectivity index (χ0) is 11.9. The molecule has 0 aromatic rings. The predicted molar refractivity (Wildman–Crippen MR) is 72.2 cm³/mol. The van der Waals surface area contributed by atoms with Crippen LogP contribution in [-0.2, 0) is 0 Å². The van der Waals surface area contributed by atoms with Crippen LogP contribution in [0, 0.1) is 5.92 Å². The molecule has 0 radical (unpaired) electrons. The molecule has 1 saturated heterocycles. The van der Waals surface area contributed by atoms with Crippen molar-refractivity contribution in [3.05, 3.63) is 0 Å². The minimum atomic E-state index is 0.524. The van der Waals surface area contributed by atoms with Crippen LogP contribution in [0.15, 0.2) is 0 Å². The van der Waals surface area contributed by atoms with Crippen molar-refractivity contribution in [3.8, 4) is 0 Å². The van der Waals surface area contributed by atoms with Crippen molar-refractivity contribution in [3.63, 3.8) is 0 Å². The van der Waals surface area contributed by atoms with Crippen molar-refractivity contribution in [2.75, 3.05) is 13.1 Å². The third kappa shape index (κ3) is 2.26. The first-order valence-electron chi connectivity index (χ1n) is 7.73. The van der Waals surface area contributed by atoms with Crippen LogP contribution in [-0.4, -0.2) is 35.6 Å². The molecule has 0 aromatic heterocycles. The van der Waals surface area contributed by atoms with Crippen molar-refractivity contribution < 1.29 is 0 Å². The molecule has 3 rings (SSSR count). The van der Waals surface area contributed by atoms with Crippen LogP contribution < -0.4 is 5.32 Å². The van der Waals surface area contributed by atoms with Crippen molar-refractivity contribution in [2.45, 2.75) is 76.4 Å². The van der Waals surface area contributed by atoms with Gasteiger partial charge in [0.05, 0.1) is 0 Å². The first-order valence-corrected chi connectivity index (χ1v) is 7.73. The molecule has 0 aromatic carbocycles. The second kappa shape index (κ2) is 4.55. The van der Waals surface area contributed by atoms with Crippen molar-refractivity contribution in [1.82, 2.24) is 10.2 Å². The van der Waals surface area contributed by atoms with E-state index in [1.54, 1.807) is 0 Å².